The van der Waals surface area contributed by atoms with Crippen molar-refractivity contribution in [2.24, 2.45) is 0 Å². The van der Waals surface area contributed by atoms with E-state index < -0.39 is 10.1 Å². The molecule has 0 aromatic heterocycles. The van der Waals surface area contributed by atoms with Crippen LogP contribution in [0.2, 0.25) is 0 Å². The van der Waals surface area contributed by atoms with Crippen LogP contribution in [0.15, 0.2) is 42.5 Å². The van der Waals surface area contributed by atoms with E-state index >= 15 is 0 Å². The maximum Gasteiger partial charge on any atom is 0.322 e. The number of amides is 2. The van der Waals surface area contributed by atoms with Crippen LogP contribution in [-0.2, 0) is 21.4 Å². The Balaban J connectivity index is 2.13. The van der Waals surface area contributed by atoms with Gasteiger partial charge < -0.3 is 28.6 Å². The first-order valence-corrected chi connectivity index (χ1v) is 11.2. The van der Waals surface area contributed by atoms with Crippen molar-refractivity contribution >= 4 is 21.8 Å². The molecule has 0 aliphatic heterocycles. The van der Waals surface area contributed by atoms with Gasteiger partial charge in [-0.05, 0) is 36.8 Å². The number of ether oxygens (including phenoxy) is 3. The first kappa shape index (κ1) is 24.3. The number of benzene rings is 2. The number of carbonyl (C=O) groups is 1. The number of methoxy groups -OCH3 is 3. The molecule has 0 radical (unpaired) electrons. The Morgan fingerprint density at radius 2 is 1.68 bits per heavy atom. The number of rotatable bonds is 11. The number of nitrogens with zero attached hydrogens (tertiary/aromatic N) is 1. The van der Waals surface area contributed by atoms with Crippen LogP contribution in [0.25, 0.3) is 0 Å². The van der Waals surface area contributed by atoms with Gasteiger partial charge in [-0.15, -0.1) is 0 Å². The molecule has 0 aliphatic rings. The Morgan fingerprint density at radius 3 is 2.26 bits per heavy atom. The number of carbonyl (C=O) groups excluding carboxylic acids is 1. The van der Waals surface area contributed by atoms with Crippen molar-refractivity contribution in [1.82, 2.24) is 4.90 Å². The molecule has 9 nitrogen and oxygen atoms in total. The number of hydrogen-bond donors (Lipinski definition) is 1. The lowest BCUT2D eigenvalue weighted by atomic mass is 10.2. The van der Waals surface area contributed by atoms with Crippen LogP contribution in [0.5, 0.6) is 17.2 Å². The lowest BCUT2D eigenvalue weighted by molar-refractivity contribution is 0.153. The van der Waals surface area contributed by atoms with Gasteiger partial charge in [0.25, 0.3) is 0 Å². The fourth-order valence-corrected chi connectivity index (χ4v) is 3.15. The third kappa shape index (κ3) is 7.34. The van der Waals surface area contributed by atoms with Gasteiger partial charge in [-0.2, -0.15) is 8.42 Å². The molecule has 0 fully saturated rings. The van der Waals surface area contributed by atoms with Gasteiger partial charge in [-0.1, -0.05) is 12.1 Å². The van der Waals surface area contributed by atoms with Crippen molar-refractivity contribution in [3.05, 3.63) is 48.0 Å². The molecule has 170 valence electrons. The largest absolute Gasteiger partial charge is 0.497 e. The van der Waals surface area contributed by atoms with Crippen molar-refractivity contribution in [1.29, 1.82) is 0 Å². The molecule has 0 bridgehead atoms. The molecule has 2 amide bonds. The Morgan fingerprint density at radius 1 is 1.00 bits per heavy atom. The summed E-state index contributed by atoms with van der Waals surface area (Å²) in [5.41, 5.74) is 1.30. The van der Waals surface area contributed by atoms with Crippen LogP contribution < -0.4 is 19.0 Å². The predicted octanol–water partition coefficient (Wildman–Crippen LogP) is 3.11. The van der Waals surface area contributed by atoms with Crippen LogP contribution in [0, 0.1) is 0 Å². The second kappa shape index (κ2) is 11.4. The lowest BCUT2D eigenvalue weighted by Crippen LogP contribution is -2.36. The average molecular weight is 453 g/mol. The Kier molecular flexibility index (Phi) is 8.95. The van der Waals surface area contributed by atoms with Gasteiger partial charge in [0.05, 0.1) is 32.3 Å². The lowest BCUT2D eigenvalue weighted by Gasteiger charge is -2.23. The van der Waals surface area contributed by atoms with Crippen LogP contribution in [0.3, 0.4) is 0 Å². The zero-order valence-electron chi connectivity index (χ0n) is 18.1. The number of hydrogen-bond acceptors (Lipinski definition) is 7. The number of urea groups is 1. The van der Waals surface area contributed by atoms with Crippen molar-refractivity contribution in [2.75, 3.05) is 45.6 Å². The molecule has 2 aromatic carbocycles. The maximum absolute atomic E-state index is 12.9. The van der Waals surface area contributed by atoms with Crippen molar-refractivity contribution in [2.45, 2.75) is 13.5 Å². The normalized spacial score (nSPS) is 11.0. The fraction of sp³-hybridized carbons (Fsp3) is 0.381. The Bertz CT molecular complexity index is 962. The van der Waals surface area contributed by atoms with E-state index in [2.05, 4.69) is 5.32 Å². The number of nitrogens with one attached hydrogen (secondary N) is 1. The molecule has 0 heterocycles. The van der Waals surface area contributed by atoms with Crippen molar-refractivity contribution < 1.29 is 31.6 Å². The van der Waals surface area contributed by atoms with E-state index in [9.17, 15) is 13.2 Å². The van der Waals surface area contributed by atoms with Gasteiger partial charge in [-0.25, -0.2) is 4.79 Å². The molecule has 0 saturated heterocycles. The quantitative estimate of drug-likeness (QED) is 0.523. The third-order valence-corrected chi connectivity index (χ3v) is 5.53. The molecular weight excluding hydrogens is 424 g/mol. The molecule has 0 spiro atoms. The summed E-state index contributed by atoms with van der Waals surface area (Å²) in [5.74, 6) is 1.19. The topological polar surface area (TPSA) is 103 Å². The minimum atomic E-state index is -3.59. The van der Waals surface area contributed by atoms with Gasteiger partial charge in [0.15, 0.2) is 0 Å². The summed E-state index contributed by atoms with van der Waals surface area (Å²) in [7, 11) is 1.02. The summed E-state index contributed by atoms with van der Waals surface area (Å²) >= 11 is 0. The first-order valence-electron chi connectivity index (χ1n) is 9.59. The molecule has 2 aromatic rings. The summed E-state index contributed by atoms with van der Waals surface area (Å²) in [4.78, 5) is 14.5. The highest BCUT2D eigenvalue weighted by Gasteiger charge is 2.17. The summed E-state index contributed by atoms with van der Waals surface area (Å²) in [6.45, 7) is 2.49. The molecule has 2 rings (SSSR count). The van der Waals surface area contributed by atoms with Crippen LogP contribution in [0.4, 0.5) is 10.5 Å². The van der Waals surface area contributed by atoms with Gasteiger partial charge in [-0.3, -0.25) is 0 Å². The molecule has 1 N–H and O–H groups in total. The van der Waals surface area contributed by atoms with Crippen molar-refractivity contribution in [3.8, 4) is 17.2 Å². The molecule has 10 heteroatoms. The molecule has 31 heavy (non-hydrogen) atoms. The predicted molar refractivity (Wildman–Crippen MR) is 117 cm³/mol. The maximum atomic E-state index is 12.9. The third-order valence-electron chi connectivity index (χ3n) is 4.38. The highest BCUT2D eigenvalue weighted by Crippen LogP contribution is 2.29. The van der Waals surface area contributed by atoms with Gasteiger partial charge >= 0.3 is 16.1 Å². The monoisotopic (exact) mass is 452 g/mol. The number of anilines is 1. The van der Waals surface area contributed by atoms with Crippen LogP contribution >= 0.6 is 0 Å². The fourth-order valence-electron chi connectivity index (χ4n) is 2.63. The Hall–Kier alpha value is -2.98. The van der Waals surface area contributed by atoms with E-state index in [0.29, 0.717) is 30.3 Å². The SMILES string of the molecule is CCS(=O)(=O)Oc1ccc(CN(CCOC)C(=O)Nc2ccc(OC)cc2OC)cc1. The molecule has 0 unspecified atom stereocenters. The van der Waals surface area contributed by atoms with Gasteiger partial charge in [0.1, 0.15) is 17.2 Å². The zero-order chi connectivity index (χ0) is 22.9. The van der Waals surface area contributed by atoms with Crippen molar-refractivity contribution in [3.63, 3.8) is 0 Å². The van der Waals surface area contributed by atoms with Crippen LogP contribution in [-0.4, -0.2) is 59.6 Å². The second-order valence-electron chi connectivity index (χ2n) is 6.48. The van der Waals surface area contributed by atoms with E-state index in [0.717, 1.165) is 5.56 Å². The summed E-state index contributed by atoms with van der Waals surface area (Å²) in [6.07, 6.45) is 0. The highest BCUT2D eigenvalue weighted by atomic mass is 32.2. The molecule has 0 aliphatic carbocycles. The molecular formula is C21H28N2O7S. The van der Waals surface area contributed by atoms with E-state index in [-0.39, 0.29) is 24.1 Å². The Labute approximate surface area is 183 Å². The van der Waals surface area contributed by atoms with E-state index in [1.165, 1.54) is 14.0 Å². The van der Waals surface area contributed by atoms with E-state index in [1.807, 2.05) is 0 Å². The molecule has 0 atom stereocenters. The minimum Gasteiger partial charge on any atom is -0.497 e. The van der Waals surface area contributed by atoms with Crippen LogP contribution in [0.1, 0.15) is 12.5 Å². The van der Waals surface area contributed by atoms with Gasteiger partial charge in [0.2, 0.25) is 0 Å². The summed E-state index contributed by atoms with van der Waals surface area (Å²) in [6, 6.07) is 11.3. The van der Waals surface area contributed by atoms with E-state index in [1.54, 1.807) is 61.6 Å². The smallest absolute Gasteiger partial charge is 0.322 e. The summed E-state index contributed by atoms with van der Waals surface area (Å²) < 4.78 is 43.8. The second-order valence-corrected chi connectivity index (χ2v) is 8.34. The highest BCUT2D eigenvalue weighted by molar-refractivity contribution is 7.87. The van der Waals surface area contributed by atoms with E-state index in [4.69, 9.17) is 18.4 Å². The minimum absolute atomic E-state index is 0.117. The summed E-state index contributed by atoms with van der Waals surface area (Å²) in [5, 5.41) is 2.84. The zero-order valence-corrected chi connectivity index (χ0v) is 18.9. The standard InChI is InChI=1S/C21H28N2O7S/c1-5-31(25,26)30-17-8-6-16(7-9-17)15-23(12-13-27-2)21(24)22-19-11-10-18(28-3)14-20(19)29-4/h6-11,14H,5,12-13,15H2,1-4H3,(H,22,24). The molecule has 0 saturated carbocycles. The average Bonchev–Trinajstić information content (AvgIpc) is 2.77. The van der Waals surface area contributed by atoms with Gasteiger partial charge in [0, 0.05) is 26.3 Å². The first-order chi connectivity index (χ1) is 14.8.